The Labute approximate surface area is 182 Å². The molecule has 3 aromatic carbocycles. The summed E-state index contributed by atoms with van der Waals surface area (Å²) in [7, 11) is -2.41. The Morgan fingerprint density at radius 2 is 1.61 bits per heavy atom. The van der Waals surface area contributed by atoms with Crippen molar-refractivity contribution in [2.45, 2.75) is 30.2 Å². The van der Waals surface area contributed by atoms with Gasteiger partial charge in [-0.25, -0.2) is 13.1 Å². The molecule has 1 heterocycles. The number of benzene rings is 3. The van der Waals surface area contributed by atoms with Gasteiger partial charge in [0.2, 0.25) is 15.9 Å². The fourth-order valence-corrected chi connectivity index (χ4v) is 5.35. The molecule has 3 aromatic rings. The normalized spacial score (nSPS) is 18.9. The summed E-state index contributed by atoms with van der Waals surface area (Å²) in [6.45, 7) is 3.64. The second-order valence-electron chi connectivity index (χ2n) is 7.81. The maximum absolute atomic E-state index is 13.4. The van der Waals surface area contributed by atoms with Crippen LogP contribution in [0.5, 0.6) is 5.75 Å². The lowest BCUT2D eigenvalue weighted by Gasteiger charge is -2.34. The first-order valence-corrected chi connectivity index (χ1v) is 11.4. The standard InChI is InChI=1S/C24H24N2O4S/c1-16-12-14-17(15-13-16)31(28,29)26-22(18-8-4-7-11-21(18)30-3)24(2)19-9-5-6-10-20(19)25-23(24)27/h4-15,22,26H,1-3H3,(H,25,27)/t22-,24-/m0/s1. The summed E-state index contributed by atoms with van der Waals surface area (Å²) in [5, 5.41) is 2.89. The fourth-order valence-electron chi connectivity index (χ4n) is 4.04. The van der Waals surface area contributed by atoms with Crippen LogP contribution >= 0.6 is 0 Å². The van der Waals surface area contributed by atoms with E-state index in [0.29, 0.717) is 17.0 Å². The van der Waals surface area contributed by atoms with Crippen LogP contribution in [0.2, 0.25) is 0 Å². The molecule has 1 amide bonds. The molecule has 7 heteroatoms. The summed E-state index contributed by atoms with van der Waals surface area (Å²) in [5.74, 6) is 0.216. The van der Waals surface area contributed by atoms with Gasteiger partial charge < -0.3 is 10.1 Å². The topological polar surface area (TPSA) is 84.5 Å². The minimum absolute atomic E-state index is 0.133. The molecule has 0 unspecified atom stereocenters. The monoisotopic (exact) mass is 436 g/mol. The molecule has 6 nitrogen and oxygen atoms in total. The van der Waals surface area contributed by atoms with Gasteiger partial charge in [0.15, 0.2) is 0 Å². The van der Waals surface area contributed by atoms with Gasteiger partial charge in [0, 0.05) is 11.3 Å². The van der Waals surface area contributed by atoms with Gasteiger partial charge in [-0.1, -0.05) is 54.1 Å². The number of anilines is 1. The van der Waals surface area contributed by atoms with E-state index in [0.717, 1.165) is 11.1 Å². The van der Waals surface area contributed by atoms with Crippen molar-refractivity contribution in [2.24, 2.45) is 0 Å². The highest BCUT2D eigenvalue weighted by molar-refractivity contribution is 7.89. The number of hydrogen-bond donors (Lipinski definition) is 2. The molecular weight excluding hydrogens is 412 g/mol. The number of nitrogens with one attached hydrogen (secondary N) is 2. The molecule has 31 heavy (non-hydrogen) atoms. The van der Waals surface area contributed by atoms with E-state index < -0.39 is 21.5 Å². The summed E-state index contributed by atoms with van der Waals surface area (Å²) in [6, 6.07) is 20.2. The first-order valence-electron chi connectivity index (χ1n) is 9.90. The second-order valence-corrected chi connectivity index (χ2v) is 9.53. The molecule has 0 aliphatic carbocycles. The molecule has 0 saturated carbocycles. The summed E-state index contributed by atoms with van der Waals surface area (Å²) < 4.78 is 35.1. The number of rotatable bonds is 6. The third-order valence-electron chi connectivity index (χ3n) is 5.84. The van der Waals surface area contributed by atoms with E-state index in [1.165, 1.54) is 7.11 Å². The minimum Gasteiger partial charge on any atom is -0.496 e. The second kappa shape index (κ2) is 7.83. The Morgan fingerprint density at radius 1 is 0.968 bits per heavy atom. The molecule has 1 aliphatic rings. The summed E-state index contributed by atoms with van der Waals surface area (Å²) in [4.78, 5) is 13.4. The molecule has 2 N–H and O–H groups in total. The Morgan fingerprint density at radius 3 is 2.32 bits per heavy atom. The number of hydrogen-bond acceptors (Lipinski definition) is 4. The molecule has 0 aromatic heterocycles. The smallest absolute Gasteiger partial charge is 0.241 e. The van der Waals surface area contributed by atoms with Crippen LogP contribution in [-0.4, -0.2) is 21.4 Å². The number of fused-ring (bicyclic) bond motifs is 1. The van der Waals surface area contributed by atoms with E-state index >= 15 is 0 Å². The van der Waals surface area contributed by atoms with E-state index in [1.54, 1.807) is 55.5 Å². The van der Waals surface area contributed by atoms with Crippen molar-refractivity contribution in [1.29, 1.82) is 0 Å². The van der Waals surface area contributed by atoms with Crippen molar-refractivity contribution in [3.05, 3.63) is 89.5 Å². The number of para-hydroxylation sites is 2. The highest BCUT2D eigenvalue weighted by Gasteiger charge is 2.51. The van der Waals surface area contributed by atoms with Crippen LogP contribution in [0.15, 0.2) is 77.7 Å². The van der Waals surface area contributed by atoms with Crippen molar-refractivity contribution in [2.75, 3.05) is 12.4 Å². The average Bonchev–Trinajstić information content (AvgIpc) is 3.03. The van der Waals surface area contributed by atoms with E-state index in [9.17, 15) is 13.2 Å². The Hall–Kier alpha value is -3.16. The molecule has 0 fully saturated rings. The molecule has 0 saturated heterocycles. The number of carbonyl (C=O) groups is 1. The highest BCUT2D eigenvalue weighted by atomic mass is 32.2. The summed E-state index contributed by atoms with van der Waals surface area (Å²) in [6.07, 6.45) is 0. The van der Waals surface area contributed by atoms with Gasteiger partial charge in [-0.3, -0.25) is 4.79 Å². The fraction of sp³-hybridized carbons (Fsp3) is 0.208. The van der Waals surface area contributed by atoms with Crippen LogP contribution in [-0.2, 0) is 20.2 Å². The van der Waals surface area contributed by atoms with Crippen LogP contribution in [0, 0.1) is 6.92 Å². The van der Waals surface area contributed by atoms with E-state index in [-0.39, 0.29) is 10.8 Å². The number of carbonyl (C=O) groups excluding carboxylic acids is 1. The lowest BCUT2D eigenvalue weighted by molar-refractivity contribution is -0.121. The Kier molecular flexibility index (Phi) is 5.33. The van der Waals surface area contributed by atoms with Crippen molar-refractivity contribution < 1.29 is 17.9 Å². The Bertz CT molecular complexity index is 1240. The maximum atomic E-state index is 13.4. The van der Waals surface area contributed by atoms with Gasteiger partial charge >= 0.3 is 0 Å². The molecule has 0 spiro atoms. The zero-order valence-electron chi connectivity index (χ0n) is 17.5. The first-order chi connectivity index (χ1) is 14.8. The van der Waals surface area contributed by atoms with Gasteiger partial charge in [0.1, 0.15) is 5.75 Å². The van der Waals surface area contributed by atoms with Gasteiger partial charge in [0.05, 0.1) is 23.5 Å². The van der Waals surface area contributed by atoms with Crippen LogP contribution in [0.4, 0.5) is 5.69 Å². The number of ether oxygens (including phenoxy) is 1. The average molecular weight is 437 g/mol. The minimum atomic E-state index is -3.94. The third kappa shape index (κ3) is 3.60. The maximum Gasteiger partial charge on any atom is 0.241 e. The number of aryl methyl sites for hydroxylation is 1. The van der Waals surface area contributed by atoms with Crippen molar-refractivity contribution in [3.8, 4) is 5.75 Å². The summed E-state index contributed by atoms with van der Waals surface area (Å²) >= 11 is 0. The van der Waals surface area contributed by atoms with E-state index in [4.69, 9.17) is 4.74 Å². The van der Waals surface area contributed by atoms with Crippen LogP contribution < -0.4 is 14.8 Å². The largest absolute Gasteiger partial charge is 0.496 e. The SMILES string of the molecule is COc1ccccc1[C@H](NS(=O)(=O)c1ccc(C)cc1)[C@@]1(C)C(=O)Nc2ccccc21. The van der Waals surface area contributed by atoms with Crippen LogP contribution in [0.1, 0.15) is 29.7 Å². The van der Waals surface area contributed by atoms with Crippen molar-refractivity contribution in [1.82, 2.24) is 4.72 Å². The molecular formula is C24H24N2O4S. The lowest BCUT2D eigenvalue weighted by Crippen LogP contribution is -2.46. The lowest BCUT2D eigenvalue weighted by atomic mass is 9.74. The zero-order chi connectivity index (χ0) is 22.2. The quantitative estimate of drug-likeness (QED) is 0.613. The zero-order valence-corrected chi connectivity index (χ0v) is 18.4. The summed E-state index contributed by atoms with van der Waals surface area (Å²) in [5.41, 5.74) is 1.74. The van der Waals surface area contributed by atoms with Gasteiger partial charge in [-0.05, 0) is 43.7 Å². The van der Waals surface area contributed by atoms with Crippen LogP contribution in [0.3, 0.4) is 0 Å². The molecule has 1 aliphatic heterocycles. The van der Waals surface area contributed by atoms with Gasteiger partial charge in [-0.15, -0.1) is 0 Å². The van der Waals surface area contributed by atoms with E-state index in [1.807, 2.05) is 31.2 Å². The Balaban J connectivity index is 1.89. The van der Waals surface area contributed by atoms with E-state index in [2.05, 4.69) is 10.0 Å². The number of amides is 1. The third-order valence-corrected chi connectivity index (χ3v) is 7.28. The predicted molar refractivity (Wildman–Crippen MR) is 120 cm³/mol. The predicted octanol–water partition coefficient (Wildman–Crippen LogP) is 3.93. The number of methoxy groups -OCH3 is 1. The van der Waals surface area contributed by atoms with Gasteiger partial charge in [-0.2, -0.15) is 0 Å². The molecule has 0 bridgehead atoms. The molecule has 160 valence electrons. The first kappa shape index (κ1) is 21.1. The number of sulfonamides is 1. The van der Waals surface area contributed by atoms with Crippen LogP contribution in [0.25, 0.3) is 0 Å². The molecule has 2 atom stereocenters. The van der Waals surface area contributed by atoms with Gasteiger partial charge in [0.25, 0.3) is 0 Å². The highest BCUT2D eigenvalue weighted by Crippen LogP contribution is 2.48. The molecule has 4 rings (SSSR count). The molecule has 0 radical (unpaired) electrons. The van der Waals surface area contributed by atoms with Crippen molar-refractivity contribution in [3.63, 3.8) is 0 Å². The van der Waals surface area contributed by atoms with Crippen molar-refractivity contribution >= 4 is 21.6 Å².